The molecule has 3 heterocycles. The number of carbonyl (C=O) groups is 1. The zero-order chi connectivity index (χ0) is 20.4. The molecule has 3 aromatic rings. The molecule has 1 unspecified atom stereocenters. The summed E-state index contributed by atoms with van der Waals surface area (Å²) in [4.78, 5) is 12.6. The Hall–Kier alpha value is -2.58. The van der Waals surface area contributed by atoms with Crippen LogP contribution >= 0.6 is 11.6 Å². The Bertz CT molecular complexity index is 1110. The lowest BCUT2D eigenvalue weighted by atomic mass is 10.1. The van der Waals surface area contributed by atoms with Crippen molar-refractivity contribution in [1.29, 1.82) is 0 Å². The third kappa shape index (κ3) is 4.54. The van der Waals surface area contributed by atoms with E-state index in [-0.39, 0.29) is 29.1 Å². The van der Waals surface area contributed by atoms with Gasteiger partial charge in [0.05, 0.1) is 23.2 Å². The van der Waals surface area contributed by atoms with Gasteiger partial charge in [-0.05, 0) is 42.3 Å². The predicted octanol–water partition coefficient (Wildman–Crippen LogP) is 2.79. The molecule has 0 aliphatic carbocycles. The van der Waals surface area contributed by atoms with Gasteiger partial charge in [0.15, 0.2) is 15.5 Å². The molecule has 9 heteroatoms. The molecule has 0 bridgehead atoms. The lowest BCUT2D eigenvalue weighted by molar-refractivity contribution is 0.0946. The van der Waals surface area contributed by atoms with Gasteiger partial charge in [-0.3, -0.25) is 9.48 Å². The Labute approximate surface area is 174 Å². The number of amides is 1. The van der Waals surface area contributed by atoms with Crippen LogP contribution < -0.4 is 5.32 Å². The van der Waals surface area contributed by atoms with Crippen molar-refractivity contribution in [1.82, 2.24) is 19.7 Å². The van der Waals surface area contributed by atoms with Gasteiger partial charge >= 0.3 is 0 Å². The monoisotopic (exact) mass is 432 g/mol. The summed E-state index contributed by atoms with van der Waals surface area (Å²) < 4.78 is 27.6. The van der Waals surface area contributed by atoms with E-state index in [2.05, 4.69) is 10.4 Å². The van der Waals surface area contributed by atoms with Gasteiger partial charge in [0.2, 0.25) is 0 Å². The summed E-state index contributed by atoms with van der Waals surface area (Å²) in [6.07, 6.45) is 4.35. The van der Waals surface area contributed by atoms with Crippen molar-refractivity contribution in [3.8, 4) is 11.3 Å². The summed E-state index contributed by atoms with van der Waals surface area (Å²) in [5, 5.41) is 7.95. The van der Waals surface area contributed by atoms with Crippen LogP contribution in [-0.4, -0.2) is 46.7 Å². The minimum Gasteiger partial charge on any atom is -0.353 e. The standard InChI is InChI=1S/C20H21ClN4O3S/c21-16-5-3-15(4-6-16)19-13-18(20(26)22-8-11-24-9-1-2-10-24)23-25(19)17-7-12-29(27,28)14-17/h1-6,9-10,13,17H,7-8,11-12,14H2,(H,22,26). The van der Waals surface area contributed by atoms with Crippen LogP contribution in [0.2, 0.25) is 5.02 Å². The Morgan fingerprint density at radius 1 is 1.21 bits per heavy atom. The molecular formula is C20H21ClN4O3S. The Morgan fingerprint density at radius 3 is 2.59 bits per heavy atom. The largest absolute Gasteiger partial charge is 0.353 e. The maximum atomic E-state index is 12.6. The molecular weight excluding hydrogens is 412 g/mol. The molecule has 1 aliphatic rings. The van der Waals surface area contributed by atoms with Crippen LogP contribution in [0.5, 0.6) is 0 Å². The summed E-state index contributed by atoms with van der Waals surface area (Å²) in [6, 6.07) is 12.5. The first kappa shape index (κ1) is 19.7. The van der Waals surface area contributed by atoms with Gasteiger partial charge in [0, 0.05) is 30.5 Å². The number of nitrogens with zero attached hydrogens (tertiary/aromatic N) is 3. The van der Waals surface area contributed by atoms with Crippen LogP contribution in [0.4, 0.5) is 0 Å². The van der Waals surface area contributed by atoms with Crippen molar-refractivity contribution in [3.05, 3.63) is 65.6 Å². The molecule has 29 heavy (non-hydrogen) atoms. The van der Waals surface area contributed by atoms with Gasteiger partial charge in [-0.25, -0.2) is 8.42 Å². The van der Waals surface area contributed by atoms with E-state index >= 15 is 0 Å². The highest BCUT2D eigenvalue weighted by atomic mass is 35.5. The summed E-state index contributed by atoms with van der Waals surface area (Å²) in [6.45, 7) is 1.12. The first-order valence-electron chi connectivity index (χ1n) is 9.36. The number of sulfone groups is 1. The van der Waals surface area contributed by atoms with E-state index in [1.54, 1.807) is 22.9 Å². The van der Waals surface area contributed by atoms with Crippen LogP contribution in [0.25, 0.3) is 11.3 Å². The lowest BCUT2D eigenvalue weighted by Gasteiger charge is -2.13. The van der Waals surface area contributed by atoms with Crippen molar-refractivity contribution in [2.75, 3.05) is 18.1 Å². The summed E-state index contributed by atoms with van der Waals surface area (Å²) in [5.74, 6) is -0.119. The van der Waals surface area contributed by atoms with Crippen molar-refractivity contribution in [2.24, 2.45) is 0 Å². The molecule has 1 fully saturated rings. The Balaban J connectivity index is 1.58. The van der Waals surface area contributed by atoms with Gasteiger partial charge in [0.25, 0.3) is 5.91 Å². The first-order valence-corrected chi connectivity index (χ1v) is 11.6. The van der Waals surface area contributed by atoms with Crippen LogP contribution in [0.15, 0.2) is 54.9 Å². The number of carbonyl (C=O) groups excluding carboxylic acids is 1. The molecule has 1 amide bonds. The third-order valence-electron chi connectivity index (χ3n) is 4.98. The molecule has 1 aromatic carbocycles. The minimum absolute atomic E-state index is 0.0317. The number of hydrogen-bond acceptors (Lipinski definition) is 4. The third-order valence-corrected chi connectivity index (χ3v) is 6.99. The predicted molar refractivity (Wildman–Crippen MR) is 112 cm³/mol. The van der Waals surface area contributed by atoms with E-state index in [4.69, 9.17) is 11.6 Å². The number of aromatic nitrogens is 3. The second-order valence-corrected chi connectivity index (χ2v) is 9.77. The SMILES string of the molecule is O=C(NCCn1cccc1)c1cc(-c2ccc(Cl)cc2)n(C2CCS(=O)(=O)C2)n1. The molecule has 1 N–H and O–H groups in total. The molecule has 152 valence electrons. The highest BCUT2D eigenvalue weighted by molar-refractivity contribution is 7.91. The van der Waals surface area contributed by atoms with Gasteiger partial charge in [0.1, 0.15) is 0 Å². The van der Waals surface area contributed by atoms with Gasteiger partial charge in [-0.15, -0.1) is 0 Å². The number of nitrogens with one attached hydrogen (secondary N) is 1. The summed E-state index contributed by atoms with van der Waals surface area (Å²) in [5.41, 5.74) is 1.81. The van der Waals surface area contributed by atoms with E-state index in [9.17, 15) is 13.2 Å². The van der Waals surface area contributed by atoms with E-state index in [1.807, 2.05) is 41.2 Å². The zero-order valence-electron chi connectivity index (χ0n) is 15.7. The fourth-order valence-electron chi connectivity index (χ4n) is 3.50. The highest BCUT2D eigenvalue weighted by Gasteiger charge is 2.32. The maximum absolute atomic E-state index is 12.6. The van der Waals surface area contributed by atoms with Crippen molar-refractivity contribution < 1.29 is 13.2 Å². The highest BCUT2D eigenvalue weighted by Crippen LogP contribution is 2.30. The average molecular weight is 433 g/mol. The molecule has 0 saturated carbocycles. The summed E-state index contributed by atoms with van der Waals surface area (Å²) >= 11 is 5.99. The van der Waals surface area contributed by atoms with Crippen molar-refractivity contribution in [3.63, 3.8) is 0 Å². The molecule has 0 radical (unpaired) electrons. The number of hydrogen-bond donors (Lipinski definition) is 1. The van der Waals surface area contributed by atoms with E-state index < -0.39 is 9.84 Å². The Morgan fingerprint density at radius 2 is 1.93 bits per heavy atom. The molecule has 7 nitrogen and oxygen atoms in total. The summed E-state index contributed by atoms with van der Waals surface area (Å²) in [7, 11) is -3.08. The molecule has 1 saturated heterocycles. The number of benzene rings is 1. The normalized spacial score (nSPS) is 18.0. The van der Waals surface area contributed by atoms with Crippen LogP contribution in [0.1, 0.15) is 23.0 Å². The minimum atomic E-state index is -3.08. The maximum Gasteiger partial charge on any atom is 0.271 e. The number of halogens is 1. The number of rotatable bonds is 6. The van der Waals surface area contributed by atoms with E-state index in [0.717, 1.165) is 5.56 Å². The molecule has 1 aliphatic heterocycles. The van der Waals surface area contributed by atoms with Gasteiger partial charge in [-0.2, -0.15) is 5.10 Å². The molecule has 1 atom stereocenters. The molecule has 4 rings (SSSR count). The Kier molecular flexibility index (Phi) is 5.47. The smallest absolute Gasteiger partial charge is 0.271 e. The van der Waals surface area contributed by atoms with Crippen molar-refractivity contribution >= 4 is 27.3 Å². The van der Waals surface area contributed by atoms with E-state index in [0.29, 0.717) is 30.2 Å². The van der Waals surface area contributed by atoms with Gasteiger partial charge < -0.3 is 9.88 Å². The average Bonchev–Trinajstić information content (AvgIpc) is 3.42. The van der Waals surface area contributed by atoms with Crippen molar-refractivity contribution in [2.45, 2.75) is 19.0 Å². The van der Waals surface area contributed by atoms with Gasteiger partial charge in [-0.1, -0.05) is 23.7 Å². The molecule has 0 spiro atoms. The second kappa shape index (κ2) is 8.04. The molecule has 2 aromatic heterocycles. The van der Waals surface area contributed by atoms with Crippen LogP contribution in [-0.2, 0) is 16.4 Å². The second-order valence-electron chi connectivity index (χ2n) is 7.10. The fraction of sp³-hybridized carbons (Fsp3) is 0.300. The quantitative estimate of drug-likeness (QED) is 0.649. The fourth-order valence-corrected chi connectivity index (χ4v) is 5.31. The first-order chi connectivity index (χ1) is 13.9. The lowest BCUT2D eigenvalue weighted by Crippen LogP contribution is -2.27. The van der Waals surface area contributed by atoms with E-state index in [1.165, 1.54) is 0 Å². The van der Waals surface area contributed by atoms with Crippen LogP contribution in [0, 0.1) is 0 Å². The van der Waals surface area contributed by atoms with Crippen LogP contribution in [0.3, 0.4) is 0 Å². The zero-order valence-corrected chi connectivity index (χ0v) is 17.2. The topological polar surface area (TPSA) is 86.0 Å².